The fraction of sp³-hybridized carbons (Fsp3) is 0.417. The number of rotatable bonds is 4. The fourth-order valence-corrected chi connectivity index (χ4v) is 1.94. The third-order valence-corrected chi connectivity index (χ3v) is 3.65. The summed E-state index contributed by atoms with van der Waals surface area (Å²) in [7, 11) is 0. The summed E-state index contributed by atoms with van der Waals surface area (Å²) >= 11 is 11.6. The third kappa shape index (κ3) is 3.35. The maximum absolute atomic E-state index is 11.8. The average Bonchev–Trinajstić information content (AvgIpc) is 3.13. The van der Waals surface area contributed by atoms with E-state index in [0.29, 0.717) is 28.1 Å². The Morgan fingerprint density at radius 3 is 2.71 bits per heavy atom. The van der Waals surface area contributed by atoms with Crippen LogP contribution >= 0.6 is 23.2 Å². The van der Waals surface area contributed by atoms with Gasteiger partial charge in [0.25, 0.3) is 5.91 Å². The molecule has 1 aromatic carbocycles. The molecule has 3 nitrogen and oxygen atoms in total. The molecule has 17 heavy (non-hydrogen) atoms. The number of nitrogens with two attached hydrogens (primary N) is 1. The van der Waals surface area contributed by atoms with Crippen molar-refractivity contribution >= 4 is 29.1 Å². The zero-order valence-corrected chi connectivity index (χ0v) is 10.8. The number of halogens is 2. The maximum Gasteiger partial charge on any atom is 0.251 e. The maximum atomic E-state index is 11.8. The molecule has 0 aliphatic heterocycles. The summed E-state index contributed by atoms with van der Waals surface area (Å²) in [4.78, 5) is 11.8. The second-order valence-electron chi connectivity index (χ2n) is 4.34. The Morgan fingerprint density at radius 2 is 2.12 bits per heavy atom. The van der Waals surface area contributed by atoms with Crippen LogP contribution in [0.1, 0.15) is 23.2 Å². The number of benzene rings is 1. The lowest BCUT2D eigenvalue weighted by Crippen LogP contribution is -2.38. The minimum Gasteiger partial charge on any atom is -0.350 e. The van der Waals surface area contributed by atoms with Crippen molar-refractivity contribution in [3.63, 3.8) is 0 Å². The van der Waals surface area contributed by atoms with Crippen LogP contribution in [0.4, 0.5) is 0 Å². The van der Waals surface area contributed by atoms with Crippen LogP contribution in [0, 0.1) is 5.92 Å². The molecule has 1 aliphatic carbocycles. The molecular formula is C12H14Cl2N2O. The van der Waals surface area contributed by atoms with E-state index in [1.807, 2.05) is 0 Å². The lowest BCUT2D eigenvalue weighted by molar-refractivity contribution is 0.0950. The summed E-state index contributed by atoms with van der Waals surface area (Å²) in [6.45, 7) is 0.504. The number of carbonyl (C=O) groups excluding carboxylic acids is 1. The standard InChI is InChI=1S/C12H14Cl2N2O/c13-9-4-3-8(5-10(9)14)12(17)16-6-11(15)7-1-2-7/h3-5,7,11H,1-2,6,15H2,(H,16,17). The van der Waals surface area contributed by atoms with E-state index in [4.69, 9.17) is 28.9 Å². The first-order valence-corrected chi connectivity index (χ1v) is 6.32. The zero-order chi connectivity index (χ0) is 12.4. The first-order chi connectivity index (χ1) is 8.08. The number of carbonyl (C=O) groups is 1. The van der Waals surface area contributed by atoms with E-state index in [2.05, 4.69) is 5.32 Å². The SMILES string of the molecule is NC(CNC(=O)c1ccc(Cl)c(Cl)c1)C1CC1. The molecule has 2 rings (SSSR count). The van der Waals surface area contributed by atoms with Crippen molar-refractivity contribution < 1.29 is 4.79 Å². The predicted octanol–water partition coefficient (Wildman–Crippen LogP) is 2.46. The van der Waals surface area contributed by atoms with Gasteiger partial charge in [0.1, 0.15) is 0 Å². The molecule has 1 unspecified atom stereocenters. The minimum atomic E-state index is -0.167. The summed E-state index contributed by atoms with van der Waals surface area (Å²) in [5.74, 6) is 0.406. The molecule has 1 aliphatic rings. The van der Waals surface area contributed by atoms with E-state index < -0.39 is 0 Å². The van der Waals surface area contributed by atoms with E-state index in [1.165, 1.54) is 12.8 Å². The molecule has 0 bridgehead atoms. The van der Waals surface area contributed by atoms with E-state index in [1.54, 1.807) is 18.2 Å². The number of amides is 1. The molecule has 0 saturated heterocycles. The lowest BCUT2D eigenvalue weighted by Gasteiger charge is -2.11. The van der Waals surface area contributed by atoms with Crippen molar-refractivity contribution in [3.8, 4) is 0 Å². The van der Waals surface area contributed by atoms with E-state index in [9.17, 15) is 4.79 Å². The number of hydrogen-bond acceptors (Lipinski definition) is 2. The van der Waals surface area contributed by atoms with Crippen molar-refractivity contribution in [3.05, 3.63) is 33.8 Å². The first kappa shape index (κ1) is 12.7. The van der Waals surface area contributed by atoms with Crippen LogP contribution in [0.3, 0.4) is 0 Å². The normalized spacial score (nSPS) is 16.6. The van der Waals surface area contributed by atoms with Gasteiger partial charge in [-0.3, -0.25) is 4.79 Å². The summed E-state index contributed by atoms with van der Waals surface area (Å²) in [6.07, 6.45) is 2.34. The Bertz CT molecular complexity index is 433. The van der Waals surface area contributed by atoms with Gasteiger partial charge in [0.2, 0.25) is 0 Å². The lowest BCUT2D eigenvalue weighted by atomic mass is 10.2. The van der Waals surface area contributed by atoms with E-state index in [0.717, 1.165) is 0 Å². The van der Waals surface area contributed by atoms with Crippen LogP contribution in [-0.4, -0.2) is 18.5 Å². The van der Waals surface area contributed by atoms with Crippen molar-refractivity contribution in [2.45, 2.75) is 18.9 Å². The fourth-order valence-electron chi connectivity index (χ4n) is 1.64. The molecule has 0 spiro atoms. The Hall–Kier alpha value is -0.770. The van der Waals surface area contributed by atoms with Gasteiger partial charge >= 0.3 is 0 Å². The van der Waals surface area contributed by atoms with Crippen LogP contribution < -0.4 is 11.1 Å². The van der Waals surface area contributed by atoms with Gasteiger partial charge in [0.15, 0.2) is 0 Å². The number of nitrogens with one attached hydrogen (secondary N) is 1. The van der Waals surface area contributed by atoms with Gasteiger partial charge in [-0.05, 0) is 37.0 Å². The van der Waals surface area contributed by atoms with Gasteiger partial charge < -0.3 is 11.1 Å². The summed E-state index contributed by atoms with van der Waals surface area (Å²) in [5, 5.41) is 3.62. The van der Waals surface area contributed by atoms with Gasteiger partial charge in [-0.1, -0.05) is 23.2 Å². The third-order valence-electron chi connectivity index (χ3n) is 2.91. The van der Waals surface area contributed by atoms with Gasteiger partial charge in [-0.15, -0.1) is 0 Å². The largest absolute Gasteiger partial charge is 0.350 e. The zero-order valence-electron chi connectivity index (χ0n) is 9.25. The smallest absolute Gasteiger partial charge is 0.251 e. The highest BCUT2D eigenvalue weighted by Gasteiger charge is 2.28. The van der Waals surface area contributed by atoms with Crippen LogP contribution in [0.5, 0.6) is 0 Å². The molecule has 1 amide bonds. The van der Waals surface area contributed by atoms with Crippen molar-refractivity contribution in [2.24, 2.45) is 11.7 Å². The molecule has 0 heterocycles. The Balaban J connectivity index is 1.92. The quantitative estimate of drug-likeness (QED) is 0.885. The highest BCUT2D eigenvalue weighted by Crippen LogP contribution is 2.31. The molecule has 1 atom stereocenters. The summed E-state index contributed by atoms with van der Waals surface area (Å²) < 4.78 is 0. The molecule has 3 N–H and O–H groups in total. The molecule has 92 valence electrons. The van der Waals surface area contributed by atoms with Gasteiger partial charge in [-0.2, -0.15) is 0 Å². The van der Waals surface area contributed by atoms with Crippen LogP contribution in [0.15, 0.2) is 18.2 Å². The molecule has 0 aromatic heterocycles. The van der Waals surface area contributed by atoms with Crippen LogP contribution in [-0.2, 0) is 0 Å². The first-order valence-electron chi connectivity index (χ1n) is 5.57. The van der Waals surface area contributed by atoms with Crippen LogP contribution in [0.2, 0.25) is 10.0 Å². The highest BCUT2D eigenvalue weighted by atomic mass is 35.5. The minimum absolute atomic E-state index is 0.0572. The van der Waals surface area contributed by atoms with Gasteiger partial charge in [0.05, 0.1) is 10.0 Å². The molecule has 5 heteroatoms. The topological polar surface area (TPSA) is 55.1 Å². The Morgan fingerprint density at radius 1 is 1.41 bits per heavy atom. The Labute approximate surface area is 110 Å². The van der Waals surface area contributed by atoms with E-state index >= 15 is 0 Å². The summed E-state index contributed by atoms with van der Waals surface area (Å²) in [6, 6.07) is 4.87. The number of hydrogen-bond donors (Lipinski definition) is 2. The molecule has 1 saturated carbocycles. The van der Waals surface area contributed by atoms with Crippen molar-refractivity contribution in [1.29, 1.82) is 0 Å². The molecule has 1 aromatic rings. The van der Waals surface area contributed by atoms with Crippen LogP contribution in [0.25, 0.3) is 0 Å². The van der Waals surface area contributed by atoms with Crippen molar-refractivity contribution in [1.82, 2.24) is 5.32 Å². The van der Waals surface area contributed by atoms with Crippen molar-refractivity contribution in [2.75, 3.05) is 6.54 Å². The second kappa shape index (κ2) is 5.25. The average molecular weight is 273 g/mol. The molecule has 1 fully saturated rings. The van der Waals surface area contributed by atoms with Gasteiger partial charge in [-0.25, -0.2) is 0 Å². The molecule has 0 radical (unpaired) electrons. The van der Waals surface area contributed by atoms with E-state index in [-0.39, 0.29) is 11.9 Å². The second-order valence-corrected chi connectivity index (χ2v) is 5.15. The Kier molecular flexibility index (Phi) is 3.92. The highest BCUT2D eigenvalue weighted by molar-refractivity contribution is 6.42. The predicted molar refractivity (Wildman–Crippen MR) is 69.5 cm³/mol. The monoisotopic (exact) mass is 272 g/mol. The summed E-state index contributed by atoms with van der Waals surface area (Å²) in [5.41, 5.74) is 6.40. The molecular weight excluding hydrogens is 259 g/mol. The van der Waals surface area contributed by atoms with Gasteiger partial charge in [0, 0.05) is 18.2 Å².